The molecule has 140 heavy (non-hydrogen) atoms. The van der Waals surface area contributed by atoms with Crippen molar-refractivity contribution in [2.75, 3.05) is 0 Å². The molecule has 0 aliphatic carbocycles. The molecule has 0 saturated heterocycles. The van der Waals surface area contributed by atoms with Crippen LogP contribution in [0.15, 0.2) is 334 Å². The lowest BCUT2D eigenvalue weighted by Crippen LogP contribution is -2.30. The Bertz CT molecular complexity index is 9310. The van der Waals surface area contributed by atoms with Crippen LogP contribution in [-0.2, 0) is 35.2 Å². The van der Waals surface area contributed by atoms with Crippen molar-refractivity contribution >= 4 is 163 Å². The number of hydrogen-bond acceptors (Lipinski definition) is 5. The number of benzene rings is 20. The van der Waals surface area contributed by atoms with Gasteiger partial charge in [-0.15, -0.1) is 0 Å². The maximum Gasteiger partial charge on any atom is 0.239 e. The summed E-state index contributed by atoms with van der Waals surface area (Å²) in [5.74, 6) is 0. The van der Waals surface area contributed by atoms with Crippen molar-refractivity contribution in [1.29, 1.82) is 0 Å². The lowest BCUT2D eigenvalue weighted by molar-refractivity contribution is -0.644. The Labute approximate surface area is 818 Å². The maximum absolute atomic E-state index is 5.21. The molecule has 0 bridgehead atoms. The highest BCUT2D eigenvalue weighted by Gasteiger charge is 2.30. The molecular weight excluding hydrogens is 1700 g/mol. The molecule has 25 aromatic rings. The average molecular weight is 1820 g/mol. The van der Waals surface area contributed by atoms with Crippen LogP contribution >= 0.6 is 0 Å². The van der Waals surface area contributed by atoms with Crippen LogP contribution in [0.1, 0.15) is 83.5 Å². The van der Waals surface area contributed by atoms with Gasteiger partial charge in [-0.1, -0.05) is 313 Å². The topological polar surface area (TPSA) is 83.8 Å². The van der Waals surface area contributed by atoms with Gasteiger partial charge in [-0.05, 0) is 231 Å². The highest BCUT2D eigenvalue weighted by atomic mass is 15.0. The monoisotopic (exact) mass is 1820 g/mol. The van der Waals surface area contributed by atoms with Crippen LogP contribution in [-0.4, -0.2) is 24.9 Å². The molecule has 0 spiro atoms. The fourth-order valence-electron chi connectivity index (χ4n) is 22.1. The number of aromatic nitrogens is 10. The fourth-order valence-corrected chi connectivity index (χ4v) is 22.1. The lowest BCUT2D eigenvalue weighted by Gasteiger charge is -2.14. The molecule has 5 heterocycles. The molecule has 25 rings (SSSR count). The minimum atomic E-state index is 1.00. The van der Waals surface area contributed by atoms with Crippen LogP contribution in [0, 0.1) is 104 Å². The molecule has 0 amide bonds. The van der Waals surface area contributed by atoms with Gasteiger partial charge in [0.2, 0.25) is 27.6 Å². The zero-order valence-electron chi connectivity index (χ0n) is 83.7. The number of nitrogens with zero attached hydrogens (tertiary/aromatic N) is 10. The van der Waals surface area contributed by atoms with Gasteiger partial charge < -0.3 is 0 Å². The van der Waals surface area contributed by atoms with Gasteiger partial charge in [0.15, 0.2) is 31.0 Å². The van der Waals surface area contributed by atoms with Gasteiger partial charge in [0.1, 0.15) is 91.3 Å². The highest BCUT2D eigenvalue weighted by molar-refractivity contribution is 6.29. The first-order valence-electron chi connectivity index (χ1n) is 48.6. The Hall–Kier alpha value is -16.3. The molecule has 0 N–H and O–H groups in total. The van der Waals surface area contributed by atoms with E-state index in [2.05, 4.69) is 466 Å². The van der Waals surface area contributed by atoms with E-state index in [4.69, 9.17) is 24.9 Å². The average Bonchev–Trinajstić information content (AvgIpc) is 0.735. The van der Waals surface area contributed by atoms with E-state index in [1.807, 2.05) is 30.3 Å². The zero-order valence-corrected chi connectivity index (χ0v) is 83.7. The molecule has 0 unspecified atom stereocenters. The third-order valence-corrected chi connectivity index (χ3v) is 29.0. The Kier molecular flexibility index (Phi) is 23.4. The number of hydrogen-bond donors (Lipinski definition) is 0. The van der Waals surface area contributed by atoms with Gasteiger partial charge in [-0.25, -0.2) is 24.9 Å². The van der Waals surface area contributed by atoms with E-state index in [-0.39, 0.29) is 0 Å². The Balaban J connectivity index is 0.000000104. The largest absolute Gasteiger partial charge is 0.239 e. The van der Waals surface area contributed by atoms with Crippen molar-refractivity contribution in [3.8, 4) is 56.3 Å². The molecule has 0 aliphatic rings. The Morgan fingerprint density at radius 1 is 0.157 bits per heavy atom. The predicted molar refractivity (Wildman–Crippen MR) is 588 cm³/mol. The van der Waals surface area contributed by atoms with Crippen molar-refractivity contribution in [2.45, 2.75) is 104 Å². The normalized spacial score (nSPS) is 11.6. The molecule has 20 aromatic carbocycles. The van der Waals surface area contributed by atoms with Crippen molar-refractivity contribution < 1.29 is 22.8 Å². The van der Waals surface area contributed by atoms with Gasteiger partial charge >= 0.3 is 0 Å². The van der Waals surface area contributed by atoms with E-state index in [1.54, 1.807) is 0 Å². The molecule has 0 aliphatic heterocycles. The predicted octanol–water partition coefficient (Wildman–Crippen LogP) is 29.8. The third kappa shape index (κ3) is 15.8. The van der Waals surface area contributed by atoms with E-state index >= 15 is 0 Å². The van der Waals surface area contributed by atoms with Crippen LogP contribution in [0.2, 0.25) is 0 Å². The van der Waals surface area contributed by atoms with Crippen LogP contribution in [0.5, 0.6) is 0 Å². The second kappa shape index (κ2) is 36.3. The van der Waals surface area contributed by atoms with Gasteiger partial charge in [0, 0.05) is 54.7 Å². The smallest absolute Gasteiger partial charge is 0.234 e. The standard InChI is InChI=1S/5C26H23N2/c1-16-13-18(3)23-21(14-16)20-12-8-9-17(2)24(20)26-25(23)27-22(15-28(26)4)19-10-6-5-7-11-19;1-16-13-18(3)24-21(14-16)20-12-8-9-17(2)23(20)25-26(24)28(4)15-22(27-25)19-10-6-5-7-11-19;1-16-13-14-21-20-12-8-9-17(2)23(20)26-25(24(21)18(16)3)27-22(15-28(26)4)19-10-6-5-7-11-19;1-16-10-13-20-21(14-16)25-26(24-18(3)12-11-17(2)23(20)24)28(4)15-22(27-25)19-8-6-5-7-9-19;1-16-10-12-20-21-13-11-17(2)18(3)24(21)26-25(22(20)14-16)27-23(15-28(26)4)19-8-6-5-7-9-19/h5*5-15H,1-4H3/q5*+1. The molecular formula is C130H115N10+5. The first-order chi connectivity index (χ1) is 67.7. The van der Waals surface area contributed by atoms with Gasteiger partial charge in [0.05, 0.1) is 26.9 Å². The summed E-state index contributed by atoms with van der Waals surface area (Å²) in [4.78, 5) is 25.9. The molecule has 0 saturated carbocycles. The summed E-state index contributed by atoms with van der Waals surface area (Å²) in [7, 11) is 10.7. The van der Waals surface area contributed by atoms with Crippen LogP contribution in [0.3, 0.4) is 0 Å². The van der Waals surface area contributed by atoms with Crippen LogP contribution in [0.4, 0.5) is 0 Å². The third-order valence-electron chi connectivity index (χ3n) is 29.0. The van der Waals surface area contributed by atoms with Crippen molar-refractivity contribution in [2.24, 2.45) is 35.2 Å². The highest BCUT2D eigenvalue weighted by Crippen LogP contribution is 2.45. The van der Waals surface area contributed by atoms with E-state index in [1.165, 1.54) is 219 Å². The maximum atomic E-state index is 5.21. The van der Waals surface area contributed by atoms with E-state index in [0.29, 0.717) is 0 Å². The lowest BCUT2D eigenvalue weighted by atomic mass is 9.92. The van der Waals surface area contributed by atoms with Gasteiger partial charge in [0.25, 0.3) is 0 Å². The Morgan fingerprint density at radius 3 is 0.814 bits per heavy atom. The van der Waals surface area contributed by atoms with Gasteiger partial charge in [-0.2, -0.15) is 22.8 Å². The molecule has 0 radical (unpaired) electrons. The van der Waals surface area contributed by atoms with Gasteiger partial charge in [-0.3, -0.25) is 0 Å². The first kappa shape index (κ1) is 90.2. The SMILES string of the molecule is Cc1cc(C)c2c(c1)c1cccc(C)c1c1c2nc(-c2ccccc2)c[n+]1C.Cc1cc(C)c2c(c1)c1cccc(C)c1c1nc(-c3ccccc3)c[n+](C)c12.Cc1ccc2c(c1)c1nc(-c3ccccc3)c[n+](C)c1c1c(C)c(C)ccc21.Cc1ccc2c(c1)c1nc(-c3ccccc3)c[n+](C)c1c1c(C)ccc(C)c21.Cc1ccc2c3cccc(C)c3c3c(nc(-c4ccccc4)c[n+]3C)c2c1C. The summed E-state index contributed by atoms with van der Waals surface area (Å²) in [6.07, 6.45) is 10.8. The van der Waals surface area contributed by atoms with Crippen LogP contribution in [0.25, 0.3) is 219 Å². The molecule has 10 heteroatoms. The number of rotatable bonds is 5. The molecule has 10 nitrogen and oxygen atoms in total. The minimum Gasteiger partial charge on any atom is -0.234 e. The van der Waals surface area contributed by atoms with E-state index in [0.717, 1.165) is 83.9 Å². The summed E-state index contributed by atoms with van der Waals surface area (Å²) in [6, 6.07) is 108. The summed E-state index contributed by atoms with van der Waals surface area (Å²) < 4.78 is 11.3. The quantitative estimate of drug-likeness (QED) is 0.127. The second-order valence-electron chi connectivity index (χ2n) is 38.9. The molecule has 680 valence electrons. The zero-order chi connectivity index (χ0) is 97.1. The molecule has 0 fully saturated rings. The summed E-state index contributed by atoms with van der Waals surface area (Å²) >= 11 is 0. The second-order valence-corrected chi connectivity index (χ2v) is 38.9. The van der Waals surface area contributed by atoms with Crippen molar-refractivity contribution in [3.63, 3.8) is 0 Å². The number of fused-ring (bicyclic) bond motifs is 30. The minimum absolute atomic E-state index is 1.00. The molecule has 5 aromatic heterocycles. The molecule has 0 atom stereocenters. The summed E-state index contributed by atoms with van der Waals surface area (Å²) in [5, 5.41) is 25.7. The first-order valence-corrected chi connectivity index (χ1v) is 48.6. The summed E-state index contributed by atoms with van der Waals surface area (Å²) in [6.45, 7) is 32.9. The van der Waals surface area contributed by atoms with Crippen LogP contribution < -0.4 is 22.8 Å². The van der Waals surface area contributed by atoms with Crippen molar-refractivity contribution in [3.05, 3.63) is 418 Å². The fraction of sp³-hybridized carbons (Fsp3) is 0.154. The van der Waals surface area contributed by atoms with E-state index < -0.39 is 0 Å². The Morgan fingerprint density at radius 2 is 0.407 bits per heavy atom. The van der Waals surface area contributed by atoms with E-state index in [9.17, 15) is 0 Å². The summed E-state index contributed by atoms with van der Waals surface area (Å²) in [5.41, 5.74) is 41.5. The number of aryl methyl sites for hydroxylation is 20. The van der Waals surface area contributed by atoms with Crippen molar-refractivity contribution in [1.82, 2.24) is 24.9 Å².